The highest BCUT2D eigenvalue weighted by Gasteiger charge is 2.25. The normalized spacial score (nSPS) is 23.4. The van der Waals surface area contributed by atoms with Gasteiger partial charge in [0.2, 0.25) is 0 Å². The lowest BCUT2D eigenvalue weighted by molar-refractivity contribution is 0.0407. The van der Waals surface area contributed by atoms with Gasteiger partial charge in [0.15, 0.2) is 0 Å². The lowest BCUT2D eigenvalue weighted by atomic mass is 9.92. The molecule has 0 saturated carbocycles. The van der Waals surface area contributed by atoms with Gasteiger partial charge in [-0.1, -0.05) is 25.1 Å². The van der Waals surface area contributed by atoms with E-state index in [9.17, 15) is 4.39 Å². The minimum Gasteiger partial charge on any atom is -0.375 e. The topological polar surface area (TPSA) is 21.3 Å². The van der Waals surface area contributed by atoms with E-state index in [1.807, 2.05) is 12.1 Å². The smallest absolute Gasteiger partial charge is 0.126 e. The van der Waals surface area contributed by atoms with Crippen molar-refractivity contribution < 1.29 is 9.13 Å². The van der Waals surface area contributed by atoms with Crippen LogP contribution in [0.2, 0.25) is 0 Å². The van der Waals surface area contributed by atoms with Crippen molar-refractivity contribution in [2.45, 2.75) is 58.2 Å². The maximum Gasteiger partial charge on any atom is 0.126 e. The summed E-state index contributed by atoms with van der Waals surface area (Å²) in [6.07, 6.45) is 5.96. The molecule has 0 amide bonds. The Morgan fingerprint density at radius 3 is 2.81 bits per heavy atom. The van der Waals surface area contributed by atoms with E-state index in [2.05, 4.69) is 19.2 Å². The van der Waals surface area contributed by atoms with Crippen LogP contribution in [0.25, 0.3) is 0 Å². The second-order valence-corrected chi connectivity index (χ2v) is 6.25. The number of hydrogen-bond acceptors (Lipinski definition) is 2. The van der Waals surface area contributed by atoms with Gasteiger partial charge in [0.05, 0.1) is 12.2 Å². The fourth-order valence-corrected chi connectivity index (χ4v) is 3.13. The maximum absolute atomic E-state index is 13.9. The van der Waals surface area contributed by atoms with E-state index >= 15 is 0 Å². The zero-order chi connectivity index (χ0) is 15.1. The molecule has 3 unspecified atom stereocenters. The second kappa shape index (κ2) is 8.50. The van der Waals surface area contributed by atoms with Crippen molar-refractivity contribution in [2.24, 2.45) is 5.92 Å². The van der Waals surface area contributed by atoms with E-state index in [0.29, 0.717) is 18.1 Å². The van der Waals surface area contributed by atoms with Crippen molar-refractivity contribution in [1.29, 1.82) is 0 Å². The van der Waals surface area contributed by atoms with Crippen LogP contribution in [0.15, 0.2) is 24.3 Å². The van der Waals surface area contributed by atoms with Crippen LogP contribution >= 0.6 is 0 Å². The standard InChI is InChI=1S/C18H28FNO/c1-3-10-20-13-15(12-17-9-8-14(2)21-17)11-16-6-4-5-7-18(16)19/h4-7,14-15,17,20H,3,8-13H2,1-2H3. The van der Waals surface area contributed by atoms with Crippen LogP contribution in [0.3, 0.4) is 0 Å². The van der Waals surface area contributed by atoms with Gasteiger partial charge >= 0.3 is 0 Å². The Bertz CT molecular complexity index is 423. The first-order chi connectivity index (χ1) is 10.2. The number of rotatable bonds is 8. The highest BCUT2D eigenvalue weighted by atomic mass is 19.1. The monoisotopic (exact) mass is 293 g/mol. The van der Waals surface area contributed by atoms with E-state index in [1.165, 1.54) is 0 Å². The van der Waals surface area contributed by atoms with Gasteiger partial charge in [-0.15, -0.1) is 0 Å². The van der Waals surface area contributed by atoms with Crippen LogP contribution in [-0.4, -0.2) is 25.3 Å². The third-order valence-electron chi connectivity index (χ3n) is 4.24. The molecule has 0 aromatic heterocycles. The van der Waals surface area contributed by atoms with Gasteiger partial charge in [0.25, 0.3) is 0 Å². The van der Waals surface area contributed by atoms with Gasteiger partial charge < -0.3 is 10.1 Å². The molecule has 1 aliphatic rings. The van der Waals surface area contributed by atoms with Crippen molar-refractivity contribution in [3.63, 3.8) is 0 Å². The minimum absolute atomic E-state index is 0.0845. The van der Waals surface area contributed by atoms with Crippen molar-refractivity contribution in [1.82, 2.24) is 5.32 Å². The minimum atomic E-state index is -0.0845. The summed E-state index contributed by atoms with van der Waals surface area (Å²) >= 11 is 0. The molecule has 0 spiro atoms. The molecule has 2 nitrogen and oxygen atoms in total. The predicted molar refractivity (Wildman–Crippen MR) is 84.9 cm³/mol. The van der Waals surface area contributed by atoms with Crippen molar-refractivity contribution >= 4 is 0 Å². The zero-order valence-electron chi connectivity index (χ0n) is 13.3. The maximum atomic E-state index is 13.9. The molecule has 118 valence electrons. The average Bonchev–Trinajstić information content (AvgIpc) is 2.87. The van der Waals surface area contributed by atoms with Crippen LogP contribution in [0.5, 0.6) is 0 Å². The Morgan fingerprint density at radius 2 is 2.14 bits per heavy atom. The van der Waals surface area contributed by atoms with Gasteiger partial charge in [-0.3, -0.25) is 0 Å². The van der Waals surface area contributed by atoms with Crippen LogP contribution in [-0.2, 0) is 11.2 Å². The molecule has 0 bridgehead atoms. The van der Waals surface area contributed by atoms with E-state index in [0.717, 1.165) is 50.8 Å². The fraction of sp³-hybridized carbons (Fsp3) is 0.667. The first-order valence-corrected chi connectivity index (χ1v) is 8.28. The van der Waals surface area contributed by atoms with Crippen molar-refractivity contribution in [3.8, 4) is 0 Å². The van der Waals surface area contributed by atoms with Gasteiger partial charge in [-0.05, 0) is 69.7 Å². The van der Waals surface area contributed by atoms with Crippen LogP contribution in [0, 0.1) is 11.7 Å². The Hall–Kier alpha value is -0.930. The van der Waals surface area contributed by atoms with Gasteiger partial charge in [-0.2, -0.15) is 0 Å². The summed E-state index contributed by atoms with van der Waals surface area (Å²) in [5.74, 6) is 0.349. The largest absolute Gasteiger partial charge is 0.375 e. The average molecular weight is 293 g/mol. The van der Waals surface area contributed by atoms with Gasteiger partial charge in [0, 0.05) is 0 Å². The fourth-order valence-electron chi connectivity index (χ4n) is 3.13. The molecule has 1 heterocycles. The molecule has 1 saturated heterocycles. The van der Waals surface area contributed by atoms with Crippen molar-refractivity contribution in [2.75, 3.05) is 13.1 Å². The van der Waals surface area contributed by atoms with Crippen molar-refractivity contribution in [3.05, 3.63) is 35.6 Å². The molecule has 1 aliphatic heterocycles. The number of benzene rings is 1. The molecule has 21 heavy (non-hydrogen) atoms. The molecule has 1 fully saturated rings. The molecule has 1 aromatic rings. The molecular weight excluding hydrogens is 265 g/mol. The summed E-state index contributed by atoms with van der Waals surface area (Å²) in [5.41, 5.74) is 0.826. The summed E-state index contributed by atoms with van der Waals surface area (Å²) in [6.45, 7) is 6.27. The lowest BCUT2D eigenvalue weighted by Crippen LogP contribution is -2.28. The highest BCUT2D eigenvalue weighted by molar-refractivity contribution is 5.18. The molecule has 1 N–H and O–H groups in total. The molecule has 3 heteroatoms. The summed E-state index contributed by atoms with van der Waals surface area (Å²) in [7, 11) is 0. The predicted octanol–water partition coefficient (Wildman–Crippen LogP) is 3.94. The summed E-state index contributed by atoms with van der Waals surface area (Å²) in [5, 5.41) is 3.48. The molecule has 0 aliphatic carbocycles. The van der Waals surface area contributed by atoms with E-state index in [-0.39, 0.29) is 5.82 Å². The molecule has 1 aromatic carbocycles. The third kappa shape index (κ3) is 5.40. The summed E-state index contributed by atoms with van der Waals surface area (Å²) in [6, 6.07) is 7.13. The van der Waals surface area contributed by atoms with Crippen LogP contribution in [0.4, 0.5) is 4.39 Å². The third-order valence-corrected chi connectivity index (χ3v) is 4.24. The number of ether oxygens (including phenoxy) is 1. The second-order valence-electron chi connectivity index (χ2n) is 6.25. The molecule has 2 rings (SSSR count). The van der Waals surface area contributed by atoms with E-state index in [1.54, 1.807) is 12.1 Å². The first kappa shape index (κ1) is 16.4. The summed E-state index contributed by atoms with van der Waals surface area (Å²) in [4.78, 5) is 0. The van der Waals surface area contributed by atoms with E-state index in [4.69, 9.17) is 4.74 Å². The van der Waals surface area contributed by atoms with Gasteiger partial charge in [-0.25, -0.2) is 4.39 Å². The molecule has 0 radical (unpaired) electrons. The molecular formula is C18H28FNO. The number of halogens is 1. The highest BCUT2D eigenvalue weighted by Crippen LogP contribution is 2.26. The van der Waals surface area contributed by atoms with Crippen LogP contribution < -0.4 is 5.32 Å². The Labute approximate surface area is 128 Å². The quantitative estimate of drug-likeness (QED) is 0.733. The Balaban J connectivity index is 1.93. The number of nitrogens with one attached hydrogen (secondary N) is 1. The zero-order valence-corrected chi connectivity index (χ0v) is 13.3. The van der Waals surface area contributed by atoms with E-state index < -0.39 is 0 Å². The molecule has 3 atom stereocenters. The summed E-state index contributed by atoms with van der Waals surface area (Å²) < 4.78 is 19.8. The number of hydrogen-bond donors (Lipinski definition) is 1. The Kier molecular flexibility index (Phi) is 6.65. The first-order valence-electron chi connectivity index (χ1n) is 8.28. The lowest BCUT2D eigenvalue weighted by Gasteiger charge is -2.22. The van der Waals surface area contributed by atoms with Gasteiger partial charge in [0.1, 0.15) is 5.82 Å². The van der Waals surface area contributed by atoms with Crippen LogP contribution in [0.1, 0.15) is 45.1 Å². The SMILES string of the molecule is CCCNCC(Cc1ccccc1F)CC1CCC(C)O1. The Morgan fingerprint density at radius 1 is 1.33 bits per heavy atom.